The van der Waals surface area contributed by atoms with Crippen molar-refractivity contribution < 1.29 is 19.2 Å². The van der Waals surface area contributed by atoms with E-state index in [-0.39, 0.29) is 30.0 Å². The summed E-state index contributed by atoms with van der Waals surface area (Å²) in [6.07, 6.45) is 0. The van der Waals surface area contributed by atoms with E-state index in [0.29, 0.717) is 29.2 Å². The SMILES string of the molecule is CCN(CC(=O)Nc1ccc(NC(C)=O)cc1)[C@H](C)C(=O)Nc1ccc(C(C)=O)cc1. The van der Waals surface area contributed by atoms with Crippen LogP contribution in [0.3, 0.4) is 0 Å². The Morgan fingerprint density at radius 1 is 0.806 bits per heavy atom. The Morgan fingerprint density at radius 3 is 1.77 bits per heavy atom. The molecule has 8 nitrogen and oxygen atoms in total. The second-order valence-electron chi connectivity index (χ2n) is 7.17. The normalized spacial score (nSPS) is 11.5. The molecule has 8 heteroatoms. The maximum Gasteiger partial charge on any atom is 0.241 e. The fraction of sp³-hybridized carbons (Fsp3) is 0.304. The third-order valence-electron chi connectivity index (χ3n) is 4.73. The van der Waals surface area contributed by atoms with Gasteiger partial charge in [0.2, 0.25) is 17.7 Å². The smallest absolute Gasteiger partial charge is 0.241 e. The minimum Gasteiger partial charge on any atom is -0.326 e. The number of Topliss-reactive ketones (excluding diaryl/α,β-unsaturated/α-hetero) is 1. The Hall–Kier alpha value is -3.52. The number of nitrogens with zero attached hydrogens (tertiary/aromatic N) is 1. The third-order valence-corrected chi connectivity index (χ3v) is 4.73. The Morgan fingerprint density at radius 2 is 1.29 bits per heavy atom. The molecule has 0 aliphatic carbocycles. The highest BCUT2D eigenvalue weighted by molar-refractivity contribution is 5.98. The van der Waals surface area contributed by atoms with Gasteiger partial charge in [0.25, 0.3) is 0 Å². The van der Waals surface area contributed by atoms with Crippen LogP contribution in [0, 0.1) is 0 Å². The average molecular weight is 425 g/mol. The number of likely N-dealkylation sites (N-methyl/N-ethyl adjacent to an activating group) is 1. The molecule has 0 aromatic heterocycles. The van der Waals surface area contributed by atoms with Crippen molar-refractivity contribution in [1.82, 2.24) is 4.90 Å². The molecule has 2 aromatic carbocycles. The molecule has 0 aliphatic heterocycles. The third kappa shape index (κ3) is 7.35. The van der Waals surface area contributed by atoms with Gasteiger partial charge in [-0.25, -0.2) is 0 Å². The van der Waals surface area contributed by atoms with Gasteiger partial charge in [0.1, 0.15) is 0 Å². The van der Waals surface area contributed by atoms with Crippen LogP contribution in [0.2, 0.25) is 0 Å². The minimum atomic E-state index is -0.537. The summed E-state index contributed by atoms with van der Waals surface area (Å²) in [6.45, 7) is 7.07. The number of anilines is 3. The van der Waals surface area contributed by atoms with Crippen LogP contribution >= 0.6 is 0 Å². The van der Waals surface area contributed by atoms with Gasteiger partial charge >= 0.3 is 0 Å². The van der Waals surface area contributed by atoms with Crippen LogP contribution in [0.15, 0.2) is 48.5 Å². The highest BCUT2D eigenvalue weighted by Gasteiger charge is 2.22. The molecule has 31 heavy (non-hydrogen) atoms. The monoisotopic (exact) mass is 424 g/mol. The van der Waals surface area contributed by atoms with Crippen molar-refractivity contribution in [3.63, 3.8) is 0 Å². The number of benzene rings is 2. The van der Waals surface area contributed by atoms with E-state index in [1.54, 1.807) is 60.4 Å². The number of carbonyl (C=O) groups is 4. The van der Waals surface area contributed by atoms with Crippen LogP contribution in [0.4, 0.5) is 17.1 Å². The molecule has 2 aromatic rings. The number of hydrogen-bond donors (Lipinski definition) is 3. The molecular weight excluding hydrogens is 396 g/mol. The lowest BCUT2D eigenvalue weighted by atomic mass is 10.1. The summed E-state index contributed by atoms with van der Waals surface area (Å²) in [5.41, 5.74) is 2.39. The van der Waals surface area contributed by atoms with Crippen molar-refractivity contribution >= 4 is 40.6 Å². The van der Waals surface area contributed by atoms with E-state index in [2.05, 4.69) is 16.0 Å². The topological polar surface area (TPSA) is 108 Å². The van der Waals surface area contributed by atoms with E-state index in [1.165, 1.54) is 13.8 Å². The second kappa shape index (κ2) is 11.0. The number of nitrogens with one attached hydrogen (secondary N) is 3. The molecular formula is C23H28N4O4. The summed E-state index contributed by atoms with van der Waals surface area (Å²) in [5, 5.41) is 8.26. The Labute approximate surface area is 182 Å². The summed E-state index contributed by atoms with van der Waals surface area (Å²) < 4.78 is 0. The highest BCUT2D eigenvalue weighted by Crippen LogP contribution is 2.14. The predicted molar refractivity (Wildman–Crippen MR) is 121 cm³/mol. The van der Waals surface area contributed by atoms with Gasteiger partial charge < -0.3 is 16.0 Å². The van der Waals surface area contributed by atoms with Gasteiger partial charge in [0.15, 0.2) is 5.78 Å². The lowest BCUT2D eigenvalue weighted by Gasteiger charge is -2.26. The molecule has 0 radical (unpaired) electrons. The van der Waals surface area contributed by atoms with E-state index in [4.69, 9.17) is 0 Å². The Bertz CT molecular complexity index is 939. The molecule has 0 unspecified atom stereocenters. The van der Waals surface area contributed by atoms with Gasteiger partial charge in [-0.3, -0.25) is 24.1 Å². The maximum absolute atomic E-state index is 12.6. The molecule has 0 spiro atoms. The average Bonchev–Trinajstić information content (AvgIpc) is 2.73. The van der Waals surface area contributed by atoms with Gasteiger partial charge in [0.05, 0.1) is 12.6 Å². The number of carbonyl (C=O) groups excluding carboxylic acids is 4. The molecule has 0 aliphatic rings. The lowest BCUT2D eigenvalue weighted by molar-refractivity contribution is -0.123. The van der Waals surface area contributed by atoms with Gasteiger partial charge in [-0.1, -0.05) is 6.92 Å². The molecule has 0 bridgehead atoms. The maximum atomic E-state index is 12.6. The summed E-state index contributed by atoms with van der Waals surface area (Å²) in [5.74, 6) is -0.707. The first-order valence-corrected chi connectivity index (χ1v) is 10.0. The molecule has 0 heterocycles. The zero-order valence-electron chi connectivity index (χ0n) is 18.2. The number of rotatable bonds is 9. The predicted octanol–water partition coefficient (Wildman–Crippen LogP) is 3.14. The zero-order valence-corrected chi connectivity index (χ0v) is 18.2. The van der Waals surface area contributed by atoms with Crippen LogP contribution in [-0.4, -0.2) is 47.5 Å². The molecule has 0 fully saturated rings. The second-order valence-corrected chi connectivity index (χ2v) is 7.17. The quantitative estimate of drug-likeness (QED) is 0.536. The largest absolute Gasteiger partial charge is 0.326 e. The van der Waals surface area contributed by atoms with Crippen LogP contribution in [0.1, 0.15) is 38.1 Å². The Kier molecular flexibility index (Phi) is 8.45. The molecule has 1 atom stereocenters. The van der Waals surface area contributed by atoms with E-state index >= 15 is 0 Å². The first-order chi connectivity index (χ1) is 14.7. The van der Waals surface area contributed by atoms with Crippen molar-refractivity contribution in [2.75, 3.05) is 29.0 Å². The van der Waals surface area contributed by atoms with Gasteiger partial charge in [-0.2, -0.15) is 0 Å². The molecule has 0 saturated heterocycles. The van der Waals surface area contributed by atoms with Crippen molar-refractivity contribution in [3.8, 4) is 0 Å². The summed E-state index contributed by atoms with van der Waals surface area (Å²) in [6, 6.07) is 12.9. The highest BCUT2D eigenvalue weighted by atomic mass is 16.2. The van der Waals surface area contributed by atoms with E-state index in [0.717, 1.165) is 0 Å². The number of hydrogen-bond acceptors (Lipinski definition) is 5. The van der Waals surface area contributed by atoms with Crippen LogP contribution in [-0.2, 0) is 14.4 Å². The Balaban J connectivity index is 1.92. The fourth-order valence-electron chi connectivity index (χ4n) is 2.95. The standard InChI is InChI=1S/C23H28N4O4/c1-5-27(14-22(30)25-20-12-10-19(11-13-20)24-17(4)29)15(2)23(31)26-21-8-6-18(7-9-21)16(3)28/h6-13,15H,5,14H2,1-4H3,(H,24,29)(H,25,30)(H,26,31)/t15-/m1/s1. The van der Waals surface area contributed by atoms with Crippen molar-refractivity contribution in [1.29, 1.82) is 0 Å². The van der Waals surface area contributed by atoms with Crippen molar-refractivity contribution in [3.05, 3.63) is 54.1 Å². The molecule has 164 valence electrons. The van der Waals surface area contributed by atoms with Crippen molar-refractivity contribution in [2.45, 2.75) is 33.7 Å². The van der Waals surface area contributed by atoms with Gasteiger partial charge in [-0.05, 0) is 68.9 Å². The van der Waals surface area contributed by atoms with Gasteiger partial charge in [-0.15, -0.1) is 0 Å². The van der Waals surface area contributed by atoms with Crippen molar-refractivity contribution in [2.24, 2.45) is 0 Å². The first-order valence-electron chi connectivity index (χ1n) is 10.0. The van der Waals surface area contributed by atoms with Crippen LogP contribution in [0.5, 0.6) is 0 Å². The number of ketones is 1. The van der Waals surface area contributed by atoms with Crippen LogP contribution < -0.4 is 16.0 Å². The summed E-state index contributed by atoms with van der Waals surface area (Å²) >= 11 is 0. The van der Waals surface area contributed by atoms with E-state index in [1.807, 2.05) is 6.92 Å². The van der Waals surface area contributed by atoms with Gasteiger partial charge in [0, 0.05) is 29.5 Å². The first kappa shape index (κ1) is 23.8. The summed E-state index contributed by atoms with van der Waals surface area (Å²) in [4.78, 5) is 49.2. The van der Waals surface area contributed by atoms with E-state index in [9.17, 15) is 19.2 Å². The van der Waals surface area contributed by atoms with E-state index < -0.39 is 6.04 Å². The molecule has 0 saturated carbocycles. The van der Waals surface area contributed by atoms with Crippen LogP contribution in [0.25, 0.3) is 0 Å². The lowest BCUT2D eigenvalue weighted by Crippen LogP contribution is -2.45. The molecule has 3 amide bonds. The minimum absolute atomic E-state index is 0.0424. The zero-order chi connectivity index (χ0) is 23.0. The number of amides is 3. The fourth-order valence-corrected chi connectivity index (χ4v) is 2.95. The molecule has 2 rings (SSSR count). The summed E-state index contributed by atoms with van der Waals surface area (Å²) in [7, 11) is 0. The molecule has 3 N–H and O–H groups in total.